The van der Waals surface area contributed by atoms with Crippen LogP contribution in [0, 0.1) is 5.41 Å². The molecule has 2 heteroatoms. The van der Waals surface area contributed by atoms with E-state index in [-0.39, 0.29) is 5.41 Å². The van der Waals surface area contributed by atoms with Gasteiger partial charge >= 0.3 is 0 Å². The van der Waals surface area contributed by atoms with Crippen LogP contribution in [0.15, 0.2) is 18.3 Å². The fourth-order valence-electron chi connectivity index (χ4n) is 2.66. The fraction of sp³-hybridized carbons (Fsp3) is 0.500. The topological polar surface area (TPSA) is 30.0 Å². The smallest absolute Gasteiger partial charge is 0.187 e. The first-order chi connectivity index (χ1) is 6.82. The van der Waals surface area contributed by atoms with Crippen molar-refractivity contribution < 1.29 is 4.79 Å². The molecule has 1 heterocycles. The molecule has 0 N–H and O–H groups in total. The molecule has 0 saturated heterocycles. The van der Waals surface area contributed by atoms with Gasteiger partial charge in [-0.1, -0.05) is 12.5 Å². The highest BCUT2D eigenvalue weighted by molar-refractivity contribution is 6.01. The van der Waals surface area contributed by atoms with Gasteiger partial charge in [0.25, 0.3) is 0 Å². The van der Waals surface area contributed by atoms with Crippen molar-refractivity contribution in [2.75, 3.05) is 0 Å². The van der Waals surface area contributed by atoms with Crippen molar-refractivity contribution in [3.63, 3.8) is 0 Å². The van der Waals surface area contributed by atoms with E-state index < -0.39 is 0 Å². The summed E-state index contributed by atoms with van der Waals surface area (Å²) in [4.78, 5) is 16.4. The van der Waals surface area contributed by atoms with Gasteiger partial charge in [-0.2, -0.15) is 0 Å². The molecule has 14 heavy (non-hydrogen) atoms. The molecule has 3 rings (SSSR count). The molecule has 0 aromatic carbocycles. The number of aryl methyl sites for hydroxylation is 1. The normalized spacial score (nSPS) is 23.0. The number of ketones is 1. The summed E-state index contributed by atoms with van der Waals surface area (Å²) in [6.07, 6.45) is 7.20. The lowest BCUT2D eigenvalue weighted by Gasteiger charge is -2.43. The molecule has 2 aliphatic rings. The third-order valence-corrected chi connectivity index (χ3v) is 3.77. The average molecular weight is 187 g/mol. The summed E-state index contributed by atoms with van der Waals surface area (Å²) >= 11 is 0. The van der Waals surface area contributed by atoms with Gasteiger partial charge in [-0.25, -0.2) is 0 Å². The molecule has 0 amide bonds. The van der Waals surface area contributed by atoms with Gasteiger partial charge in [0.2, 0.25) is 0 Å². The number of rotatable bonds is 0. The zero-order chi connectivity index (χ0) is 9.60. The van der Waals surface area contributed by atoms with Gasteiger partial charge in [-0.3, -0.25) is 9.78 Å². The highest BCUT2D eigenvalue weighted by atomic mass is 16.1. The number of hydrogen-bond donors (Lipinski definition) is 0. The van der Waals surface area contributed by atoms with Crippen molar-refractivity contribution >= 4 is 5.78 Å². The third kappa shape index (κ3) is 0.912. The van der Waals surface area contributed by atoms with E-state index >= 15 is 0 Å². The summed E-state index contributed by atoms with van der Waals surface area (Å²) in [5.74, 6) is 0.311. The Morgan fingerprint density at radius 3 is 2.86 bits per heavy atom. The SMILES string of the molecule is O=C1c2ncccc2CCC12CCC2. The van der Waals surface area contributed by atoms with Crippen molar-refractivity contribution in [1.82, 2.24) is 4.98 Å². The number of aromatic nitrogens is 1. The molecule has 0 unspecified atom stereocenters. The van der Waals surface area contributed by atoms with Gasteiger partial charge < -0.3 is 0 Å². The van der Waals surface area contributed by atoms with Gasteiger partial charge in [0.15, 0.2) is 5.78 Å². The Balaban J connectivity index is 2.07. The summed E-state index contributed by atoms with van der Waals surface area (Å²) in [5, 5.41) is 0. The lowest BCUT2D eigenvalue weighted by Crippen LogP contribution is -2.42. The minimum atomic E-state index is 0.00134. The zero-order valence-corrected chi connectivity index (χ0v) is 8.12. The zero-order valence-electron chi connectivity index (χ0n) is 8.12. The number of carbonyl (C=O) groups excluding carboxylic acids is 1. The first-order valence-corrected chi connectivity index (χ1v) is 5.31. The first-order valence-electron chi connectivity index (χ1n) is 5.31. The quantitative estimate of drug-likeness (QED) is 0.624. The van der Waals surface area contributed by atoms with Gasteiger partial charge in [-0.15, -0.1) is 0 Å². The second-order valence-corrected chi connectivity index (χ2v) is 4.47. The number of carbonyl (C=O) groups is 1. The van der Waals surface area contributed by atoms with Crippen LogP contribution >= 0.6 is 0 Å². The van der Waals surface area contributed by atoms with Crippen molar-refractivity contribution in [1.29, 1.82) is 0 Å². The van der Waals surface area contributed by atoms with Gasteiger partial charge in [0.05, 0.1) is 0 Å². The number of fused-ring (bicyclic) bond motifs is 1. The van der Waals surface area contributed by atoms with E-state index in [9.17, 15) is 4.79 Å². The number of pyridine rings is 1. The summed E-state index contributed by atoms with van der Waals surface area (Å²) in [5.41, 5.74) is 1.90. The summed E-state index contributed by atoms with van der Waals surface area (Å²) in [6.45, 7) is 0. The minimum absolute atomic E-state index is 0.00134. The molecule has 0 aliphatic heterocycles. The predicted octanol–water partition coefficient (Wildman–Crippen LogP) is 2.38. The van der Waals surface area contributed by atoms with E-state index in [1.54, 1.807) is 6.20 Å². The second-order valence-electron chi connectivity index (χ2n) is 4.47. The molecule has 1 spiro atoms. The lowest BCUT2D eigenvalue weighted by atomic mass is 9.60. The molecule has 1 fully saturated rings. The van der Waals surface area contributed by atoms with Gasteiger partial charge in [-0.05, 0) is 37.3 Å². The molecule has 0 bridgehead atoms. The molecular formula is C12H13NO. The summed E-state index contributed by atoms with van der Waals surface area (Å²) < 4.78 is 0. The van der Waals surface area contributed by atoms with Crippen LogP contribution in [0.5, 0.6) is 0 Å². The van der Waals surface area contributed by atoms with Crippen LogP contribution in [-0.2, 0) is 6.42 Å². The van der Waals surface area contributed by atoms with E-state index in [1.165, 1.54) is 6.42 Å². The van der Waals surface area contributed by atoms with Crippen molar-refractivity contribution in [2.24, 2.45) is 5.41 Å². The molecule has 1 saturated carbocycles. The Morgan fingerprint density at radius 1 is 1.29 bits per heavy atom. The third-order valence-electron chi connectivity index (χ3n) is 3.77. The highest BCUT2D eigenvalue weighted by Crippen LogP contribution is 2.49. The van der Waals surface area contributed by atoms with E-state index in [2.05, 4.69) is 4.98 Å². The maximum atomic E-state index is 12.2. The summed E-state index contributed by atoms with van der Waals surface area (Å²) in [6, 6.07) is 3.95. The van der Waals surface area contributed by atoms with Crippen LogP contribution in [0.4, 0.5) is 0 Å². The number of hydrogen-bond acceptors (Lipinski definition) is 2. The van der Waals surface area contributed by atoms with Crippen molar-refractivity contribution in [3.05, 3.63) is 29.6 Å². The van der Waals surface area contributed by atoms with Crippen LogP contribution in [0.1, 0.15) is 41.7 Å². The van der Waals surface area contributed by atoms with Crippen LogP contribution < -0.4 is 0 Å². The second kappa shape index (κ2) is 2.66. The standard InChI is InChI=1S/C12H13NO/c14-11-10-9(3-1-8-13-10)4-7-12(11)5-2-6-12/h1,3,8H,2,4-7H2. The monoisotopic (exact) mass is 187 g/mol. The van der Waals surface area contributed by atoms with Crippen molar-refractivity contribution in [2.45, 2.75) is 32.1 Å². The largest absolute Gasteiger partial charge is 0.292 e. The average Bonchev–Trinajstić information content (AvgIpc) is 2.16. The van der Waals surface area contributed by atoms with Crippen LogP contribution in [0.2, 0.25) is 0 Å². The van der Waals surface area contributed by atoms with Crippen LogP contribution in [0.3, 0.4) is 0 Å². The predicted molar refractivity (Wildman–Crippen MR) is 53.2 cm³/mol. The molecule has 1 aromatic heterocycles. The molecule has 2 nitrogen and oxygen atoms in total. The van der Waals surface area contributed by atoms with Gasteiger partial charge in [0.1, 0.15) is 5.69 Å². The van der Waals surface area contributed by atoms with E-state index in [4.69, 9.17) is 0 Å². The lowest BCUT2D eigenvalue weighted by molar-refractivity contribution is 0.0548. The Morgan fingerprint density at radius 2 is 2.14 bits per heavy atom. The van der Waals surface area contributed by atoms with Crippen molar-refractivity contribution in [3.8, 4) is 0 Å². The molecule has 72 valence electrons. The molecular weight excluding hydrogens is 174 g/mol. The molecule has 0 atom stereocenters. The number of nitrogens with zero attached hydrogens (tertiary/aromatic N) is 1. The Bertz CT molecular complexity index is 393. The first kappa shape index (κ1) is 8.16. The molecule has 0 radical (unpaired) electrons. The molecule has 2 aliphatic carbocycles. The molecule has 1 aromatic rings. The van der Waals surface area contributed by atoms with E-state index in [1.807, 2.05) is 12.1 Å². The van der Waals surface area contributed by atoms with Gasteiger partial charge in [0, 0.05) is 11.6 Å². The maximum Gasteiger partial charge on any atom is 0.187 e. The number of Topliss-reactive ketones (excluding diaryl/α,β-unsaturated/α-hetero) is 1. The Hall–Kier alpha value is -1.18. The maximum absolute atomic E-state index is 12.2. The fourth-order valence-corrected chi connectivity index (χ4v) is 2.66. The Labute approximate surface area is 83.4 Å². The summed E-state index contributed by atoms with van der Waals surface area (Å²) in [7, 11) is 0. The Kier molecular flexibility index (Phi) is 1.55. The minimum Gasteiger partial charge on any atom is -0.292 e. The van der Waals surface area contributed by atoms with Crippen LogP contribution in [0.25, 0.3) is 0 Å². The van der Waals surface area contributed by atoms with Crippen LogP contribution in [-0.4, -0.2) is 10.8 Å². The van der Waals surface area contributed by atoms with E-state index in [0.717, 1.165) is 36.9 Å². The van der Waals surface area contributed by atoms with E-state index in [0.29, 0.717) is 5.78 Å². The highest BCUT2D eigenvalue weighted by Gasteiger charge is 2.47.